The van der Waals surface area contributed by atoms with E-state index in [-0.39, 0.29) is 12.3 Å². The molecule has 1 heterocycles. The van der Waals surface area contributed by atoms with Crippen LogP contribution in [0.2, 0.25) is 0 Å². The lowest BCUT2D eigenvalue weighted by atomic mass is 10.1. The molecule has 0 atom stereocenters. The van der Waals surface area contributed by atoms with E-state index in [0.29, 0.717) is 0 Å². The Labute approximate surface area is 105 Å². The van der Waals surface area contributed by atoms with E-state index in [4.69, 9.17) is 4.74 Å². The zero-order valence-electron chi connectivity index (χ0n) is 10.2. The van der Waals surface area contributed by atoms with Gasteiger partial charge in [0.2, 0.25) is 0 Å². The van der Waals surface area contributed by atoms with Crippen molar-refractivity contribution in [2.75, 3.05) is 7.11 Å². The monoisotopic (exact) mass is 242 g/mol. The van der Waals surface area contributed by atoms with Gasteiger partial charge < -0.3 is 4.74 Å². The van der Waals surface area contributed by atoms with Crippen molar-refractivity contribution >= 4 is 6.08 Å². The molecule has 0 fully saturated rings. The topological polar surface area (TPSA) is 44.1 Å². The van der Waals surface area contributed by atoms with E-state index in [1.165, 1.54) is 17.9 Å². The van der Waals surface area contributed by atoms with Crippen LogP contribution in [0.15, 0.2) is 47.8 Å². The molecule has 0 aliphatic rings. The van der Waals surface area contributed by atoms with Gasteiger partial charge in [0.25, 0.3) is 5.56 Å². The minimum atomic E-state index is -0.202. The van der Waals surface area contributed by atoms with E-state index in [0.717, 1.165) is 16.8 Å². The van der Waals surface area contributed by atoms with Crippen molar-refractivity contribution in [1.82, 2.24) is 9.78 Å². The van der Waals surface area contributed by atoms with Gasteiger partial charge >= 0.3 is 0 Å². The van der Waals surface area contributed by atoms with Gasteiger partial charge in [0.15, 0.2) is 0 Å². The average molecular weight is 242 g/mol. The normalized spacial score (nSPS) is 10.3. The number of ether oxygens (including phenoxy) is 1. The maximum Gasteiger partial charge on any atom is 0.269 e. The summed E-state index contributed by atoms with van der Waals surface area (Å²) in [6, 6.07) is 11.2. The molecule has 0 saturated carbocycles. The van der Waals surface area contributed by atoms with Gasteiger partial charge in [-0.15, -0.1) is 0 Å². The smallest absolute Gasteiger partial charge is 0.269 e. The first kappa shape index (κ1) is 12.3. The van der Waals surface area contributed by atoms with E-state index in [1.807, 2.05) is 30.3 Å². The summed E-state index contributed by atoms with van der Waals surface area (Å²) in [5.41, 5.74) is 2.18. The van der Waals surface area contributed by atoms with E-state index >= 15 is 0 Å². The molecule has 92 valence electrons. The molecule has 0 aliphatic carbocycles. The fourth-order valence-electron chi connectivity index (χ4n) is 1.69. The van der Waals surface area contributed by atoms with E-state index in [1.54, 1.807) is 6.08 Å². The molecule has 1 aromatic carbocycles. The second kappa shape index (κ2) is 5.42. The number of benzene rings is 1. The number of nitrogens with zero attached hydrogens (tertiary/aromatic N) is 2. The fraction of sp³-hybridized carbons (Fsp3) is 0.143. The molecule has 0 amide bonds. The molecule has 0 unspecified atom stereocenters. The summed E-state index contributed by atoms with van der Waals surface area (Å²) in [5.74, 6) is 0. The summed E-state index contributed by atoms with van der Waals surface area (Å²) in [4.78, 5) is 11.7. The lowest BCUT2D eigenvalue weighted by molar-refractivity contribution is 0.116. The molecule has 0 spiro atoms. The van der Waals surface area contributed by atoms with Gasteiger partial charge in [-0.2, -0.15) is 5.10 Å². The molecular weight excluding hydrogens is 228 g/mol. The summed E-state index contributed by atoms with van der Waals surface area (Å²) < 4.78 is 6.23. The fourth-order valence-corrected chi connectivity index (χ4v) is 1.69. The number of methoxy groups -OCH3 is 1. The summed E-state index contributed by atoms with van der Waals surface area (Å²) in [7, 11) is 1.53. The van der Waals surface area contributed by atoms with Crippen LogP contribution in [0.5, 0.6) is 0 Å². The van der Waals surface area contributed by atoms with Crippen molar-refractivity contribution in [3.05, 3.63) is 58.9 Å². The molecular formula is C14H14N2O2. The average Bonchev–Trinajstić information content (AvgIpc) is 2.42. The minimum Gasteiger partial charge on any atom is -0.362 e. The van der Waals surface area contributed by atoms with Gasteiger partial charge in [-0.3, -0.25) is 4.79 Å². The van der Waals surface area contributed by atoms with Gasteiger partial charge in [0.05, 0.1) is 5.69 Å². The number of hydrogen-bond donors (Lipinski definition) is 0. The van der Waals surface area contributed by atoms with Crippen LogP contribution in [-0.2, 0) is 11.5 Å². The van der Waals surface area contributed by atoms with Crippen molar-refractivity contribution in [3.63, 3.8) is 0 Å². The SMILES string of the molecule is C=Cc1cc(=O)n(COC)nc1-c1ccccc1. The van der Waals surface area contributed by atoms with Crippen LogP contribution in [-0.4, -0.2) is 16.9 Å². The first-order chi connectivity index (χ1) is 8.76. The van der Waals surface area contributed by atoms with E-state index in [9.17, 15) is 4.79 Å². The van der Waals surface area contributed by atoms with Crippen molar-refractivity contribution < 1.29 is 4.74 Å². The third-order valence-electron chi connectivity index (χ3n) is 2.55. The first-order valence-electron chi connectivity index (χ1n) is 5.55. The Morgan fingerprint density at radius 3 is 2.72 bits per heavy atom. The molecule has 4 nitrogen and oxygen atoms in total. The van der Waals surface area contributed by atoms with E-state index < -0.39 is 0 Å². The van der Waals surface area contributed by atoms with Crippen molar-refractivity contribution in [2.24, 2.45) is 0 Å². The number of hydrogen-bond acceptors (Lipinski definition) is 3. The number of rotatable bonds is 4. The van der Waals surface area contributed by atoms with Gasteiger partial charge in [-0.1, -0.05) is 43.0 Å². The maximum atomic E-state index is 11.7. The predicted octanol–water partition coefficient (Wildman–Crippen LogP) is 2.16. The van der Waals surface area contributed by atoms with Crippen LogP contribution in [0.25, 0.3) is 17.3 Å². The van der Waals surface area contributed by atoms with Crippen molar-refractivity contribution in [3.8, 4) is 11.3 Å². The summed E-state index contributed by atoms with van der Waals surface area (Å²) in [6.45, 7) is 3.85. The molecule has 1 aromatic heterocycles. The molecule has 0 N–H and O–H groups in total. The highest BCUT2D eigenvalue weighted by Crippen LogP contribution is 2.20. The summed E-state index contributed by atoms with van der Waals surface area (Å²) in [6.07, 6.45) is 1.63. The Hall–Kier alpha value is -2.20. The Balaban J connectivity index is 2.61. The van der Waals surface area contributed by atoms with Gasteiger partial charge in [0, 0.05) is 24.3 Å². The standard InChI is InChI=1S/C14H14N2O2/c1-3-11-9-13(17)16(10-18-2)15-14(11)12-7-5-4-6-8-12/h3-9H,1,10H2,2H3. The highest BCUT2D eigenvalue weighted by molar-refractivity contribution is 5.70. The van der Waals surface area contributed by atoms with Crippen LogP contribution in [0.4, 0.5) is 0 Å². The molecule has 0 radical (unpaired) electrons. The van der Waals surface area contributed by atoms with E-state index in [2.05, 4.69) is 11.7 Å². The molecule has 0 saturated heterocycles. The zero-order chi connectivity index (χ0) is 13.0. The minimum absolute atomic E-state index is 0.135. The highest BCUT2D eigenvalue weighted by atomic mass is 16.5. The highest BCUT2D eigenvalue weighted by Gasteiger charge is 2.08. The number of aromatic nitrogens is 2. The predicted molar refractivity (Wildman–Crippen MR) is 71.0 cm³/mol. The second-order valence-corrected chi connectivity index (χ2v) is 3.77. The van der Waals surface area contributed by atoms with Crippen molar-refractivity contribution in [2.45, 2.75) is 6.73 Å². The molecule has 18 heavy (non-hydrogen) atoms. The van der Waals surface area contributed by atoms with Gasteiger partial charge in [-0.05, 0) is 0 Å². The molecule has 2 rings (SSSR count). The van der Waals surface area contributed by atoms with Crippen LogP contribution >= 0.6 is 0 Å². The Kier molecular flexibility index (Phi) is 3.69. The first-order valence-corrected chi connectivity index (χ1v) is 5.55. The second-order valence-electron chi connectivity index (χ2n) is 3.77. The van der Waals surface area contributed by atoms with Gasteiger partial charge in [0.1, 0.15) is 6.73 Å². The Morgan fingerprint density at radius 2 is 2.11 bits per heavy atom. The van der Waals surface area contributed by atoms with Crippen LogP contribution in [0, 0.1) is 0 Å². The summed E-state index contributed by atoms with van der Waals surface area (Å²) >= 11 is 0. The lowest BCUT2D eigenvalue weighted by Gasteiger charge is -2.09. The third kappa shape index (κ3) is 2.38. The van der Waals surface area contributed by atoms with Gasteiger partial charge in [-0.25, -0.2) is 4.68 Å². The Bertz CT molecular complexity index is 603. The van der Waals surface area contributed by atoms with Crippen LogP contribution in [0.1, 0.15) is 5.56 Å². The summed E-state index contributed by atoms with van der Waals surface area (Å²) in [5, 5.41) is 4.31. The van der Waals surface area contributed by atoms with Crippen molar-refractivity contribution in [1.29, 1.82) is 0 Å². The molecule has 0 aliphatic heterocycles. The molecule has 4 heteroatoms. The maximum absolute atomic E-state index is 11.7. The third-order valence-corrected chi connectivity index (χ3v) is 2.55. The largest absolute Gasteiger partial charge is 0.362 e. The molecule has 2 aromatic rings. The quantitative estimate of drug-likeness (QED) is 0.825. The Morgan fingerprint density at radius 1 is 1.39 bits per heavy atom. The molecule has 0 bridgehead atoms. The van der Waals surface area contributed by atoms with Crippen LogP contribution in [0.3, 0.4) is 0 Å². The lowest BCUT2D eigenvalue weighted by Crippen LogP contribution is -2.24. The zero-order valence-corrected chi connectivity index (χ0v) is 10.2. The van der Waals surface area contributed by atoms with Crippen LogP contribution < -0.4 is 5.56 Å².